The molecule has 0 aliphatic carbocycles. The second-order valence-electron chi connectivity index (χ2n) is 10.3. The van der Waals surface area contributed by atoms with Crippen LogP contribution in [0.25, 0.3) is 10.8 Å². The van der Waals surface area contributed by atoms with Gasteiger partial charge in [0.1, 0.15) is 5.82 Å². The van der Waals surface area contributed by atoms with E-state index in [1.165, 1.54) is 31.5 Å². The lowest BCUT2D eigenvalue weighted by atomic mass is 10.00. The molecule has 3 aliphatic rings. The number of nitriles is 1. The van der Waals surface area contributed by atoms with E-state index in [1.807, 2.05) is 12.1 Å². The van der Waals surface area contributed by atoms with Crippen LogP contribution in [0.4, 0.5) is 11.5 Å². The Labute approximate surface area is 230 Å². The minimum Gasteiger partial charge on any atom is -0.467 e. The fourth-order valence-corrected chi connectivity index (χ4v) is 5.97. The van der Waals surface area contributed by atoms with E-state index < -0.39 is 0 Å². The van der Waals surface area contributed by atoms with E-state index in [-0.39, 0.29) is 6.04 Å². The Hall–Kier alpha value is -3.28. The van der Waals surface area contributed by atoms with Gasteiger partial charge >= 0.3 is 6.01 Å². The maximum atomic E-state index is 8.91. The minimum atomic E-state index is 0.238. The number of benzene rings is 2. The molecular weight excluding hydrogens is 498 g/mol. The number of hydrogen-bond donors (Lipinski definition) is 1. The highest BCUT2D eigenvalue weighted by atomic mass is 35.5. The number of anilines is 2. The molecule has 1 aromatic heterocycles. The molecule has 0 unspecified atom stereocenters. The van der Waals surface area contributed by atoms with Gasteiger partial charge in [-0.25, -0.2) is 0 Å². The number of fused-ring (bicyclic) bond motifs is 2. The summed E-state index contributed by atoms with van der Waals surface area (Å²) in [4.78, 5) is 16.5. The number of nitrogens with zero attached hydrogens (tertiary/aromatic N) is 6. The Morgan fingerprint density at radius 1 is 1.00 bits per heavy atom. The van der Waals surface area contributed by atoms with Gasteiger partial charge in [-0.3, -0.25) is 0 Å². The monoisotopic (exact) mass is 533 g/mol. The maximum Gasteiger partial charge on any atom is 0.318 e. The van der Waals surface area contributed by atoms with Crippen molar-refractivity contribution in [3.63, 3.8) is 0 Å². The SMILES string of the molecule is CN1CCCC1.COc1nc2c(c(N3CCC(NC#N)CC3)n1)CCN(c1cccc3cccc(Cl)c13)C2. The summed E-state index contributed by atoms with van der Waals surface area (Å²) < 4.78 is 5.46. The zero-order valence-electron chi connectivity index (χ0n) is 22.3. The summed E-state index contributed by atoms with van der Waals surface area (Å²) in [6.07, 6.45) is 7.57. The number of piperidine rings is 1. The van der Waals surface area contributed by atoms with Crippen molar-refractivity contribution in [2.45, 2.75) is 44.7 Å². The van der Waals surface area contributed by atoms with E-state index in [0.29, 0.717) is 12.6 Å². The van der Waals surface area contributed by atoms with Crippen molar-refractivity contribution in [2.24, 2.45) is 0 Å². The summed E-state index contributed by atoms with van der Waals surface area (Å²) in [6, 6.07) is 13.0. The molecule has 1 N–H and O–H groups in total. The molecule has 0 atom stereocenters. The van der Waals surface area contributed by atoms with Crippen LogP contribution in [0.2, 0.25) is 5.02 Å². The maximum absolute atomic E-state index is 8.91. The van der Waals surface area contributed by atoms with Gasteiger partial charge in [0, 0.05) is 42.3 Å². The lowest BCUT2D eigenvalue weighted by molar-refractivity contribution is 0.375. The standard InChI is InChI=1S/C24H25ClN6O.C5H11N/c1-32-24-28-20-14-31(21-7-3-5-16-4-2-6-19(25)22(16)21)13-10-18(20)23(29-24)30-11-8-17(9-12-30)27-15-26;1-6-4-2-3-5-6/h2-7,17,27H,8-14H2,1H3;2-5H2,1H3. The molecule has 0 spiro atoms. The van der Waals surface area contributed by atoms with Crippen LogP contribution >= 0.6 is 11.6 Å². The van der Waals surface area contributed by atoms with Crippen LogP contribution in [0.15, 0.2) is 36.4 Å². The van der Waals surface area contributed by atoms with E-state index in [1.54, 1.807) is 7.11 Å². The fraction of sp³-hybridized carbons (Fsp3) is 0.483. The number of aromatic nitrogens is 2. The average molecular weight is 534 g/mol. The van der Waals surface area contributed by atoms with E-state index in [0.717, 1.165) is 71.9 Å². The van der Waals surface area contributed by atoms with Crippen LogP contribution < -0.4 is 19.9 Å². The number of methoxy groups -OCH3 is 1. The molecule has 6 rings (SSSR count). The van der Waals surface area contributed by atoms with Crippen molar-refractivity contribution in [1.29, 1.82) is 5.26 Å². The van der Waals surface area contributed by atoms with Crippen LogP contribution in [0, 0.1) is 11.5 Å². The molecule has 200 valence electrons. The van der Waals surface area contributed by atoms with Gasteiger partial charge < -0.3 is 24.8 Å². The summed E-state index contributed by atoms with van der Waals surface area (Å²) in [5.74, 6) is 0.970. The van der Waals surface area contributed by atoms with E-state index in [2.05, 4.69) is 57.5 Å². The Morgan fingerprint density at radius 3 is 2.39 bits per heavy atom. The molecule has 0 radical (unpaired) electrons. The third kappa shape index (κ3) is 5.74. The largest absolute Gasteiger partial charge is 0.467 e. The first kappa shape index (κ1) is 26.3. The van der Waals surface area contributed by atoms with Gasteiger partial charge in [0.15, 0.2) is 6.19 Å². The van der Waals surface area contributed by atoms with Crippen molar-refractivity contribution >= 4 is 33.9 Å². The van der Waals surface area contributed by atoms with Gasteiger partial charge in [0.25, 0.3) is 0 Å². The highest BCUT2D eigenvalue weighted by Gasteiger charge is 2.28. The highest BCUT2D eigenvalue weighted by molar-refractivity contribution is 6.36. The van der Waals surface area contributed by atoms with Crippen LogP contribution in [-0.4, -0.2) is 67.8 Å². The van der Waals surface area contributed by atoms with Crippen molar-refractivity contribution < 1.29 is 4.74 Å². The molecular formula is C29H36ClN7O. The van der Waals surface area contributed by atoms with Gasteiger partial charge in [0.05, 0.1) is 24.4 Å². The smallest absolute Gasteiger partial charge is 0.318 e. The van der Waals surface area contributed by atoms with Crippen LogP contribution in [0.5, 0.6) is 6.01 Å². The second-order valence-corrected chi connectivity index (χ2v) is 10.7. The number of hydrogen-bond acceptors (Lipinski definition) is 8. The number of halogens is 1. The molecule has 38 heavy (non-hydrogen) atoms. The normalized spacial score (nSPS) is 17.9. The quantitative estimate of drug-likeness (QED) is 0.385. The average Bonchev–Trinajstić information content (AvgIpc) is 3.44. The van der Waals surface area contributed by atoms with E-state index in [4.69, 9.17) is 31.6 Å². The molecule has 9 heteroatoms. The molecule has 4 heterocycles. The van der Waals surface area contributed by atoms with Crippen LogP contribution in [-0.2, 0) is 13.0 Å². The van der Waals surface area contributed by atoms with Crippen LogP contribution in [0.1, 0.15) is 36.9 Å². The summed E-state index contributed by atoms with van der Waals surface area (Å²) >= 11 is 6.59. The predicted octanol–water partition coefficient (Wildman–Crippen LogP) is 4.61. The van der Waals surface area contributed by atoms with Gasteiger partial charge in [-0.05, 0) is 69.8 Å². The van der Waals surface area contributed by atoms with E-state index in [9.17, 15) is 0 Å². The lowest BCUT2D eigenvalue weighted by Gasteiger charge is -2.36. The number of rotatable bonds is 4. The summed E-state index contributed by atoms with van der Waals surface area (Å²) in [5, 5.41) is 14.8. The third-order valence-electron chi connectivity index (χ3n) is 7.77. The Balaban J connectivity index is 0.000000433. The fourth-order valence-electron chi connectivity index (χ4n) is 5.69. The molecule has 0 amide bonds. The number of ether oxygens (including phenoxy) is 1. The molecule has 2 saturated heterocycles. The summed E-state index contributed by atoms with van der Waals surface area (Å²) in [5.41, 5.74) is 3.32. The Morgan fingerprint density at radius 2 is 1.74 bits per heavy atom. The molecule has 8 nitrogen and oxygen atoms in total. The highest BCUT2D eigenvalue weighted by Crippen LogP contribution is 2.37. The van der Waals surface area contributed by atoms with Crippen LogP contribution in [0.3, 0.4) is 0 Å². The topological polar surface area (TPSA) is 80.5 Å². The van der Waals surface area contributed by atoms with Gasteiger partial charge in [0.2, 0.25) is 0 Å². The first-order valence-corrected chi connectivity index (χ1v) is 13.9. The van der Waals surface area contributed by atoms with Crippen molar-refractivity contribution in [1.82, 2.24) is 20.2 Å². The molecule has 2 fully saturated rings. The molecule has 3 aromatic rings. The number of likely N-dealkylation sites (tertiary alicyclic amines) is 1. The molecule has 3 aliphatic heterocycles. The van der Waals surface area contributed by atoms with Gasteiger partial charge in [-0.1, -0.05) is 35.9 Å². The van der Waals surface area contributed by atoms with Gasteiger partial charge in [-0.15, -0.1) is 0 Å². The van der Waals surface area contributed by atoms with Crippen molar-refractivity contribution in [2.75, 3.05) is 56.7 Å². The van der Waals surface area contributed by atoms with Crippen molar-refractivity contribution in [3.05, 3.63) is 52.7 Å². The molecule has 0 bridgehead atoms. The zero-order chi connectivity index (χ0) is 26.5. The minimum absolute atomic E-state index is 0.238. The van der Waals surface area contributed by atoms with E-state index >= 15 is 0 Å². The summed E-state index contributed by atoms with van der Waals surface area (Å²) in [7, 11) is 3.78. The first-order valence-electron chi connectivity index (χ1n) is 13.5. The first-order chi connectivity index (χ1) is 18.6. The van der Waals surface area contributed by atoms with Gasteiger partial charge in [-0.2, -0.15) is 15.2 Å². The summed E-state index contributed by atoms with van der Waals surface area (Å²) in [6.45, 7) is 5.90. The Bertz CT molecular complexity index is 1290. The van der Waals surface area contributed by atoms with Crippen molar-refractivity contribution in [3.8, 4) is 12.2 Å². The lowest BCUT2D eigenvalue weighted by Crippen LogP contribution is -2.42. The number of nitrogens with one attached hydrogen (secondary N) is 1. The Kier molecular flexibility index (Phi) is 8.35. The zero-order valence-corrected chi connectivity index (χ0v) is 23.0. The molecule has 2 aromatic carbocycles. The third-order valence-corrected chi connectivity index (χ3v) is 8.09. The predicted molar refractivity (Wildman–Crippen MR) is 153 cm³/mol. The second kappa shape index (κ2) is 12.1. The molecule has 0 saturated carbocycles.